The molecule has 7 nitrogen and oxygen atoms in total. The average molecular weight is 410 g/mol. The zero-order valence-electron chi connectivity index (χ0n) is 15.6. The molecule has 0 aliphatic rings. The third kappa shape index (κ3) is 3.66. The van der Waals surface area contributed by atoms with E-state index >= 15 is 0 Å². The molecule has 0 saturated carbocycles. The summed E-state index contributed by atoms with van der Waals surface area (Å²) < 4.78 is 27.4. The lowest BCUT2D eigenvalue weighted by molar-refractivity contribution is 0.481. The highest BCUT2D eigenvalue weighted by Crippen LogP contribution is 2.33. The Balaban J connectivity index is 1.85. The molecule has 0 radical (unpaired) electrons. The Bertz CT molecular complexity index is 1430. The summed E-state index contributed by atoms with van der Waals surface area (Å²) in [7, 11) is -2.17. The van der Waals surface area contributed by atoms with Crippen LogP contribution in [0.3, 0.4) is 0 Å². The van der Waals surface area contributed by atoms with Gasteiger partial charge in [0.1, 0.15) is 16.8 Å². The first kappa shape index (κ1) is 18.9. The molecule has 1 aromatic heterocycles. The molecule has 4 aromatic rings. The van der Waals surface area contributed by atoms with Crippen molar-refractivity contribution in [3.05, 3.63) is 52.7 Å². The van der Waals surface area contributed by atoms with E-state index in [9.17, 15) is 18.3 Å². The standard InChI is InChI=1S/C21H18N2O5S/c1-2-23(8-3-9-29(26)27)13-4-7-17-19(10-13)28-20-12-18(25)15-6-5-14(24)11-16(15)21(20)22-17/h4-7,9-12,25H,2-3,8H2,1H3. The normalized spacial score (nSPS) is 11.2. The molecule has 4 rings (SSSR count). The van der Waals surface area contributed by atoms with Gasteiger partial charge in [0.25, 0.3) is 0 Å². The van der Waals surface area contributed by atoms with Gasteiger partial charge in [-0.3, -0.25) is 4.79 Å². The Kier molecular flexibility index (Phi) is 4.94. The zero-order chi connectivity index (χ0) is 20.5. The second-order valence-corrected chi connectivity index (χ2v) is 7.47. The number of benzene rings is 3. The van der Waals surface area contributed by atoms with Crippen molar-refractivity contribution >= 4 is 54.3 Å². The quantitative estimate of drug-likeness (QED) is 0.306. The van der Waals surface area contributed by atoms with E-state index < -0.39 is 10.3 Å². The Morgan fingerprint density at radius 3 is 2.69 bits per heavy atom. The molecule has 29 heavy (non-hydrogen) atoms. The summed E-state index contributed by atoms with van der Waals surface area (Å²) in [6.07, 6.45) is 0.409. The monoisotopic (exact) mass is 410 g/mol. The topological polar surface area (TPSA) is 101 Å². The maximum Gasteiger partial charge on any atom is 0.210 e. The number of nitrogens with zero attached hydrogens (tertiary/aromatic N) is 2. The summed E-state index contributed by atoms with van der Waals surface area (Å²) >= 11 is 0. The SMILES string of the molecule is CCN(CCC=S(=O)=O)c1ccc2nc3c(cc(O)c4ccc(=O)cc43)oc2c1. The molecule has 0 aliphatic heterocycles. The van der Waals surface area contributed by atoms with Crippen molar-refractivity contribution < 1.29 is 17.9 Å². The summed E-state index contributed by atoms with van der Waals surface area (Å²) in [6.45, 7) is 3.23. The van der Waals surface area contributed by atoms with Gasteiger partial charge >= 0.3 is 0 Å². The predicted octanol–water partition coefficient (Wildman–Crippen LogP) is 3.10. The van der Waals surface area contributed by atoms with Crippen LogP contribution in [0.4, 0.5) is 5.69 Å². The third-order valence-corrected chi connectivity index (χ3v) is 5.33. The number of anilines is 1. The summed E-state index contributed by atoms with van der Waals surface area (Å²) in [5.41, 5.74) is 2.74. The van der Waals surface area contributed by atoms with Crippen molar-refractivity contribution in [3.8, 4) is 5.75 Å². The second-order valence-electron chi connectivity index (χ2n) is 6.61. The molecule has 0 bridgehead atoms. The van der Waals surface area contributed by atoms with Crippen LogP contribution in [-0.2, 0) is 10.3 Å². The van der Waals surface area contributed by atoms with Crippen molar-refractivity contribution in [3.63, 3.8) is 0 Å². The van der Waals surface area contributed by atoms with Crippen LogP contribution >= 0.6 is 0 Å². The van der Waals surface area contributed by atoms with E-state index in [-0.39, 0.29) is 11.2 Å². The highest BCUT2D eigenvalue weighted by atomic mass is 32.2. The summed E-state index contributed by atoms with van der Waals surface area (Å²) in [4.78, 5) is 18.5. The van der Waals surface area contributed by atoms with Gasteiger partial charge in [-0.25, -0.2) is 4.98 Å². The van der Waals surface area contributed by atoms with E-state index in [1.807, 2.05) is 30.0 Å². The Labute approximate surface area is 167 Å². The molecule has 0 spiro atoms. The molecule has 0 amide bonds. The van der Waals surface area contributed by atoms with Crippen LogP contribution in [0.15, 0.2) is 51.7 Å². The van der Waals surface area contributed by atoms with E-state index in [4.69, 9.17) is 4.42 Å². The number of hydrogen-bond acceptors (Lipinski definition) is 7. The predicted molar refractivity (Wildman–Crippen MR) is 114 cm³/mol. The van der Waals surface area contributed by atoms with E-state index in [1.54, 1.807) is 6.07 Å². The van der Waals surface area contributed by atoms with Crippen molar-refractivity contribution in [2.75, 3.05) is 18.0 Å². The van der Waals surface area contributed by atoms with Crippen molar-refractivity contribution in [1.29, 1.82) is 0 Å². The van der Waals surface area contributed by atoms with Crippen LogP contribution in [0.5, 0.6) is 5.75 Å². The number of rotatable bonds is 5. The van der Waals surface area contributed by atoms with Crippen molar-refractivity contribution in [1.82, 2.24) is 4.98 Å². The fourth-order valence-corrected chi connectivity index (χ4v) is 3.72. The molecule has 0 unspecified atom stereocenters. The molecular formula is C21H18N2O5S. The van der Waals surface area contributed by atoms with Gasteiger partial charge in [0.05, 0.1) is 0 Å². The number of phenols is 1. The van der Waals surface area contributed by atoms with Crippen molar-refractivity contribution in [2.45, 2.75) is 13.3 Å². The van der Waals surface area contributed by atoms with Crippen LogP contribution in [-0.4, -0.2) is 37.0 Å². The largest absolute Gasteiger partial charge is 0.507 e. The van der Waals surface area contributed by atoms with Gasteiger partial charge in [0.15, 0.2) is 16.6 Å². The van der Waals surface area contributed by atoms with E-state index in [2.05, 4.69) is 4.98 Å². The van der Waals surface area contributed by atoms with Crippen LogP contribution in [0.2, 0.25) is 0 Å². The molecule has 0 aliphatic carbocycles. The van der Waals surface area contributed by atoms with Crippen LogP contribution in [0.25, 0.3) is 33.0 Å². The number of hydrogen-bond donors (Lipinski definition) is 1. The minimum absolute atomic E-state index is 0.0184. The molecule has 1 N–H and O–H groups in total. The van der Waals surface area contributed by atoms with Gasteiger partial charge in [0.2, 0.25) is 10.3 Å². The lowest BCUT2D eigenvalue weighted by Gasteiger charge is -2.22. The molecule has 8 heteroatoms. The van der Waals surface area contributed by atoms with Gasteiger partial charge in [-0.1, -0.05) is 0 Å². The van der Waals surface area contributed by atoms with Gasteiger partial charge < -0.3 is 14.4 Å². The number of aromatic hydroxyl groups is 1. The molecular weight excluding hydrogens is 392 g/mol. The molecule has 0 fully saturated rings. The van der Waals surface area contributed by atoms with Crippen molar-refractivity contribution in [2.24, 2.45) is 0 Å². The van der Waals surface area contributed by atoms with Gasteiger partial charge in [-0.05, 0) is 43.7 Å². The van der Waals surface area contributed by atoms with Gasteiger partial charge in [-0.2, -0.15) is 8.42 Å². The summed E-state index contributed by atoms with van der Waals surface area (Å²) in [6, 6.07) is 11.5. The molecule has 1 heterocycles. The van der Waals surface area contributed by atoms with Gasteiger partial charge in [-0.15, -0.1) is 0 Å². The Morgan fingerprint density at radius 1 is 1.10 bits per heavy atom. The summed E-state index contributed by atoms with van der Waals surface area (Å²) in [5.74, 6) is 0.0184. The van der Waals surface area contributed by atoms with Crippen LogP contribution < -0.4 is 10.3 Å². The number of phenolic OH excluding ortho intramolecular Hbond substituents is 1. The first-order chi connectivity index (χ1) is 14.0. The molecule has 3 aromatic carbocycles. The first-order valence-corrected chi connectivity index (χ1v) is 10.3. The highest BCUT2D eigenvalue weighted by molar-refractivity contribution is 7.71. The lowest BCUT2D eigenvalue weighted by Crippen LogP contribution is -2.24. The molecule has 0 saturated heterocycles. The number of fused-ring (bicyclic) bond motifs is 4. The molecule has 148 valence electrons. The summed E-state index contributed by atoms with van der Waals surface area (Å²) in [5, 5.41) is 12.6. The Hall–Kier alpha value is -3.39. The van der Waals surface area contributed by atoms with Crippen LogP contribution in [0.1, 0.15) is 13.3 Å². The minimum Gasteiger partial charge on any atom is -0.507 e. The first-order valence-electron chi connectivity index (χ1n) is 9.13. The maximum atomic E-state index is 11.8. The number of aromatic nitrogens is 1. The fourth-order valence-electron chi connectivity index (χ4n) is 3.43. The fraction of sp³-hybridized carbons (Fsp3) is 0.190. The average Bonchev–Trinajstić information content (AvgIpc) is 2.69. The zero-order valence-corrected chi connectivity index (χ0v) is 16.4. The lowest BCUT2D eigenvalue weighted by atomic mass is 10.1. The van der Waals surface area contributed by atoms with E-state index in [0.717, 1.165) is 5.69 Å². The van der Waals surface area contributed by atoms with E-state index in [0.29, 0.717) is 52.5 Å². The Morgan fingerprint density at radius 2 is 1.93 bits per heavy atom. The van der Waals surface area contributed by atoms with Crippen LogP contribution in [0, 0.1) is 0 Å². The van der Waals surface area contributed by atoms with E-state index in [1.165, 1.54) is 23.6 Å². The smallest absolute Gasteiger partial charge is 0.210 e. The maximum absolute atomic E-state index is 11.8. The second kappa shape index (κ2) is 7.56. The molecule has 0 atom stereocenters. The minimum atomic E-state index is -2.17. The highest BCUT2D eigenvalue weighted by Gasteiger charge is 2.12. The van der Waals surface area contributed by atoms with Gasteiger partial charge in [0, 0.05) is 47.0 Å². The third-order valence-electron chi connectivity index (χ3n) is 4.82.